The van der Waals surface area contributed by atoms with Gasteiger partial charge in [0.05, 0.1) is 28.7 Å². The second-order valence-corrected chi connectivity index (χ2v) is 11.4. The standard InChI is InChI=1S/C25H22F4N4O5S/c1-13-3-4-15(10-18(13)26)33-21(23(35)32-39(2,36)37)20-19(31-33)11-24(30-22(20)34)8-7-14-9-16(5-6-17(14)24)38-12-25(27,28)29/h3-6,9-10H,7-8,11-12H2,1-2H3,(H,30,34)(H,32,35)/t24-/m0/s1. The Morgan fingerprint density at radius 3 is 2.64 bits per heavy atom. The highest BCUT2D eigenvalue weighted by Gasteiger charge is 2.47. The smallest absolute Gasteiger partial charge is 0.422 e. The topological polar surface area (TPSA) is 119 Å². The molecule has 2 N–H and O–H groups in total. The van der Waals surface area contributed by atoms with Crippen molar-refractivity contribution in [2.45, 2.75) is 37.9 Å². The summed E-state index contributed by atoms with van der Waals surface area (Å²) in [5, 5.41) is 7.35. The van der Waals surface area contributed by atoms with Crippen LogP contribution >= 0.6 is 0 Å². The predicted molar refractivity (Wildman–Crippen MR) is 130 cm³/mol. The van der Waals surface area contributed by atoms with E-state index in [-0.39, 0.29) is 34.8 Å². The molecule has 0 fully saturated rings. The van der Waals surface area contributed by atoms with Crippen LogP contribution < -0.4 is 14.8 Å². The summed E-state index contributed by atoms with van der Waals surface area (Å²) in [5.41, 5.74) is 0.476. The van der Waals surface area contributed by atoms with E-state index in [9.17, 15) is 35.6 Å². The molecule has 9 nitrogen and oxygen atoms in total. The zero-order valence-electron chi connectivity index (χ0n) is 20.6. The number of rotatable bonds is 5. The average molecular weight is 567 g/mol. The van der Waals surface area contributed by atoms with Gasteiger partial charge in [0.2, 0.25) is 10.0 Å². The van der Waals surface area contributed by atoms with Gasteiger partial charge in [0, 0.05) is 6.42 Å². The molecule has 0 saturated carbocycles. The Morgan fingerprint density at radius 1 is 1.23 bits per heavy atom. The number of amides is 2. The SMILES string of the molecule is Cc1ccc(-n2nc3c(c2C(=O)NS(C)(=O)=O)C(=O)N[C@@]2(CCc4cc(OCC(F)(F)F)ccc42)C3)cc1F. The molecule has 39 heavy (non-hydrogen) atoms. The largest absolute Gasteiger partial charge is 0.484 e. The van der Waals surface area contributed by atoms with Gasteiger partial charge < -0.3 is 10.1 Å². The summed E-state index contributed by atoms with van der Waals surface area (Å²) in [6.07, 6.45) is -2.79. The minimum Gasteiger partial charge on any atom is -0.484 e. The van der Waals surface area contributed by atoms with Crippen LogP contribution in [0.3, 0.4) is 0 Å². The normalized spacial score (nSPS) is 18.5. The maximum Gasteiger partial charge on any atom is 0.422 e. The number of halogens is 4. The predicted octanol–water partition coefficient (Wildman–Crippen LogP) is 3.08. The second kappa shape index (κ2) is 9.07. The maximum absolute atomic E-state index is 14.4. The average Bonchev–Trinajstić information content (AvgIpc) is 3.37. The van der Waals surface area contributed by atoms with Gasteiger partial charge in [-0.1, -0.05) is 12.1 Å². The van der Waals surface area contributed by atoms with Gasteiger partial charge in [-0.05, 0) is 60.7 Å². The van der Waals surface area contributed by atoms with E-state index in [0.29, 0.717) is 29.5 Å². The fourth-order valence-electron chi connectivity index (χ4n) is 5.06. The van der Waals surface area contributed by atoms with Crippen molar-refractivity contribution >= 4 is 21.8 Å². The molecular formula is C25H22F4N4O5S. The van der Waals surface area contributed by atoms with E-state index in [1.165, 1.54) is 24.3 Å². The minimum absolute atomic E-state index is 0.0383. The maximum atomic E-state index is 14.4. The number of nitrogens with one attached hydrogen (secondary N) is 2. The lowest BCUT2D eigenvalue weighted by atomic mass is 9.82. The molecule has 1 spiro atoms. The van der Waals surface area contributed by atoms with Gasteiger partial charge in [-0.15, -0.1) is 0 Å². The van der Waals surface area contributed by atoms with E-state index >= 15 is 0 Å². The van der Waals surface area contributed by atoms with Crippen LogP contribution in [0, 0.1) is 12.7 Å². The van der Waals surface area contributed by atoms with Crippen molar-refractivity contribution in [3.05, 3.63) is 75.9 Å². The Balaban J connectivity index is 1.57. The van der Waals surface area contributed by atoms with Crippen LogP contribution in [-0.4, -0.2) is 49.1 Å². The molecule has 1 aliphatic heterocycles. The highest BCUT2D eigenvalue weighted by Crippen LogP contribution is 2.44. The lowest BCUT2D eigenvalue weighted by molar-refractivity contribution is -0.153. The highest BCUT2D eigenvalue weighted by atomic mass is 32.2. The Kier molecular flexibility index (Phi) is 6.20. The molecule has 0 saturated heterocycles. The molecule has 0 bridgehead atoms. The minimum atomic E-state index is -4.49. The van der Waals surface area contributed by atoms with Crippen molar-refractivity contribution in [1.29, 1.82) is 0 Å². The van der Waals surface area contributed by atoms with Crippen LogP contribution in [0.5, 0.6) is 5.75 Å². The van der Waals surface area contributed by atoms with E-state index in [1.54, 1.807) is 13.0 Å². The molecule has 1 aromatic heterocycles. The zero-order chi connectivity index (χ0) is 28.3. The number of nitrogens with zero attached hydrogens (tertiary/aromatic N) is 2. The van der Waals surface area contributed by atoms with E-state index in [4.69, 9.17) is 4.74 Å². The number of benzene rings is 2. The first kappa shape index (κ1) is 26.7. The van der Waals surface area contributed by atoms with Crippen molar-refractivity contribution in [2.24, 2.45) is 0 Å². The number of aromatic nitrogens is 2. The third kappa shape index (κ3) is 5.07. The molecule has 0 radical (unpaired) electrons. The number of aryl methyl sites for hydroxylation is 2. The molecule has 0 unspecified atom stereocenters. The fraction of sp³-hybridized carbons (Fsp3) is 0.320. The first-order valence-corrected chi connectivity index (χ1v) is 13.6. The zero-order valence-corrected chi connectivity index (χ0v) is 21.5. The summed E-state index contributed by atoms with van der Waals surface area (Å²) in [6, 6.07) is 8.52. The summed E-state index contributed by atoms with van der Waals surface area (Å²) >= 11 is 0. The van der Waals surface area contributed by atoms with Crippen molar-refractivity contribution < 1.29 is 40.3 Å². The molecule has 2 heterocycles. The summed E-state index contributed by atoms with van der Waals surface area (Å²) in [6.45, 7) is 0.102. The van der Waals surface area contributed by atoms with E-state index in [0.717, 1.165) is 17.0 Å². The molecule has 2 amide bonds. The molecule has 5 rings (SSSR count). The second-order valence-electron chi connectivity index (χ2n) is 9.65. The van der Waals surface area contributed by atoms with Gasteiger partial charge >= 0.3 is 6.18 Å². The van der Waals surface area contributed by atoms with Gasteiger partial charge in [0.15, 0.2) is 6.61 Å². The van der Waals surface area contributed by atoms with E-state index in [2.05, 4.69) is 10.4 Å². The Labute approximate surface area is 220 Å². The van der Waals surface area contributed by atoms with Gasteiger partial charge in [-0.2, -0.15) is 18.3 Å². The number of fused-ring (bicyclic) bond motifs is 3. The lowest BCUT2D eigenvalue weighted by Gasteiger charge is -2.35. The number of carbonyl (C=O) groups excluding carboxylic acids is 2. The first-order chi connectivity index (χ1) is 18.2. The third-order valence-electron chi connectivity index (χ3n) is 6.72. The molecular weight excluding hydrogens is 544 g/mol. The molecule has 206 valence electrons. The highest BCUT2D eigenvalue weighted by molar-refractivity contribution is 7.89. The summed E-state index contributed by atoms with van der Waals surface area (Å²) in [7, 11) is -4.02. The fourth-order valence-corrected chi connectivity index (χ4v) is 5.49. The molecule has 14 heteroatoms. The van der Waals surface area contributed by atoms with Crippen LogP contribution in [0.1, 0.15) is 49.7 Å². The number of sulfonamides is 1. The van der Waals surface area contributed by atoms with Gasteiger partial charge in [-0.25, -0.2) is 22.2 Å². The number of hydrogen-bond acceptors (Lipinski definition) is 6. The summed E-state index contributed by atoms with van der Waals surface area (Å²) in [5.74, 6) is -2.36. The van der Waals surface area contributed by atoms with E-state index in [1.807, 2.05) is 4.72 Å². The van der Waals surface area contributed by atoms with Gasteiger partial charge in [0.25, 0.3) is 11.8 Å². The van der Waals surface area contributed by atoms with Crippen LogP contribution in [-0.2, 0) is 28.4 Å². The van der Waals surface area contributed by atoms with Crippen molar-refractivity contribution in [3.63, 3.8) is 0 Å². The molecule has 1 aliphatic carbocycles. The Hall–Kier alpha value is -3.94. The molecule has 2 aromatic carbocycles. The number of ether oxygens (including phenoxy) is 1. The van der Waals surface area contributed by atoms with Crippen molar-refractivity contribution in [1.82, 2.24) is 19.8 Å². The molecule has 2 aliphatic rings. The number of alkyl halides is 3. The quantitative estimate of drug-likeness (QED) is 0.459. The van der Waals surface area contributed by atoms with Crippen LogP contribution in [0.2, 0.25) is 0 Å². The monoisotopic (exact) mass is 566 g/mol. The summed E-state index contributed by atoms with van der Waals surface area (Å²) in [4.78, 5) is 26.5. The molecule has 1 atom stereocenters. The Bertz CT molecular complexity index is 1630. The van der Waals surface area contributed by atoms with Crippen LogP contribution in [0.15, 0.2) is 36.4 Å². The summed E-state index contributed by atoms with van der Waals surface area (Å²) < 4.78 is 83.4. The Morgan fingerprint density at radius 2 is 1.97 bits per heavy atom. The number of hydrogen-bond donors (Lipinski definition) is 2. The lowest BCUT2D eigenvalue weighted by Crippen LogP contribution is -2.50. The van der Waals surface area contributed by atoms with Crippen LogP contribution in [0.25, 0.3) is 5.69 Å². The van der Waals surface area contributed by atoms with Crippen molar-refractivity contribution in [3.8, 4) is 11.4 Å². The third-order valence-corrected chi connectivity index (χ3v) is 7.27. The van der Waals surface area contributed by atoms with E-state index < -0.39 is 46.0 Å². The van der Waals surface area contributed by atoms with Gasteiger partial charge in [-0.3, -0.25) is 9.59 Å². The molecule has 3 aromatic rings. The first-order valence-electron chi connectivity index (χ1n) is 11.7. The van der Waals surface area contributed by atoms with Crippen LogP contribution in [0.4, 0.5) is 17.6 Å². The van der Waals surface area contributed by atoms with Gasteiger partial charge in [0.1, 0.15) is 17.3 Å². The number of carbonyl (C=O) groups is 2. The van der Waals surface area contributed by atoms with Crippen molar-refractivity contribution in [2.75, 3.05) is 12.9 Å².